The first-order valence-corrected chi connectivity index (χ1v) is 5.22. The molecule has 0 radical (unpaired) electrons. The zero-order chi connectivity index (χ0) is 13.0. The summed E-state index contributed by atoms with van der Waals surface area (Å²) in [7, 11) is 2.83. The van der Waals surface area contributed by atoms with Gasteiger partial charge in [-0.3, -0.25) is 4.79 Å². The summed E-state index contributed by atoms with van der Waals surface area (Å²) in [6.45, 7) is 0.802. The molecule has 0 saturated carbocycles. The van der Waals surface area contributed by atoms with Crippen molar-refractivity contribution in [1.29, 1.82) is 0 Å². The van der Waals surface area contributed by atoms with E-state index in [1.165, 1.54) is 21.1 Å². The number of carbonyl (C=O) groups is 1. The average molecular weight is 250 g/mol. The number of hydrogen-bond donors (Lipinski definition) is 2. The topological polar surface area (TPSA) is 94.5 Å². The van der Waals surface area contributed by atoms with Gasteiger partial charge in [0, 0.05) is 21.1 Å². The van der Waals surface area contributed by atoms with Crippen LogP contribution in [-0.2, 0) is 23.7 Å². The molecule has 1 fully saturated rings. The highest BCUT2D eigenvalue weighted by molar-refractivity contribution is 5.66. The smallest absolute Gasteiger partial charge is 0.303 e. The van der Waals surface area contributed by atoms with Gasteiger partial charge >= 0.3 is 5.97 Å². The van der Waals surface area contributed by atoms with Gasteiger partial charge in [0.15, 0.2) is 12.4 Å². The van der Waals surface area contributed by atoms with Gasteiger partial charge in [0.2, 0.25) is 0 Å². The Labute approximate surface area is 99.2 Å². The zero-order valence-corrected chi connectivity index (χ0v) is 10.0. The number of carbonyl (C=O) groups excluding carboxylic acids is 1. The minimum absolute atomic E-state index is 0.423. The van der Waals surface area contributed by atoms with Gasteiger partial charge < -0.3 is 29.2 Å². The Balaban J connectivity index is 2.77. The summed E-state index contributed by atoms with van der Waals surface area (Å²) in [5, 5.41) is 18.7. The molecule has 1 aliphatic heterocycles. The Kier molecular flexibility index (Phi) is 5.29. The van der Waals surface area contributed by atoms with Gasteiger partial charge in [-0.25, -0.2) is 0 Å². The van der Waals surface area contributed by atoms with Crippen LogP contribution in [0.3, 0.4) is 0 Å². The summed E-state index contributed by atoms with van der Waals surface area (Å²) in [5.74, 6) is -0.544. The Morgan fingerprint density at radius 1 is 1.35 bits per heavy atom. The molecule has 0 spiro atoms. The van der Waals surface area contributed by atoms with E-state index in [1.54, 1.807) is 0 Å². The molecule has 5 atom stereocenters. The molecule has 100 valence electrons. The summed E-state index contributed by atoms with van der Waals surface area (Å²) in [6.07, 6.45) is -4.15. The van der Waals surface area contributed by atoms with E-state index in [0.717, 1.165) is 0 Å². The number of ether oxygens (including phenoxy) is 4. The van der Waals surface area contributed by atoms with Gasteiger partial charge in [0.25, 0.3) is 0 Å². The largest absolute Gasteiger partial charge is 0.457 e. The molecular formula is C10H18O7. The van der Waals surface area contributed by atoms with Crippen molar-refractivity contribution in [2.45, 2.75) is 37.6 Å². The lowest BCUT2D eigenvalue weighted by molar-refractivity contribution is -0.176. The maximum absolute atomic E-state index is 10.9. The van der Waals surface area contributed by atoms with Crippen LogP contribution in [0.5, 0.6) is 0 Å². The number of aliphatic hydroxyl groups is 2. The first-order valence-electron chi connectivity index (χ1n) is 5.22. The van der Waals surface area contributed by atoms with E-state index in [9.17, 15) is 9.90 Å². The zero-order valence-electron chi connectivity index (χ0n) is 10.0. The summed E-state index contributed by atoms with van der Waals surface area (Å²) < 4.78 is 20.3. The minimum atomic E-state index is -1.18. The summed E-state index contributed by atoms with van der Waals surface area (Å²) in [6, 6.07) is 0. The van der Waals surface area contributed by atoms with Crippen LogP contribution in [-0.4, -0.2) is 67.7 Å². The monoisotopic (exact) mass is 250 g/mol. The maximum atomic E-state index is 10.9. The lowest BCUT2D eigenvalue weighted by Gasteiger charge is -2.25. The van der Waals surface area contributed by atoms with Crippen molar-refractivity contribution in [3.05, 3.63) is 0 Å². The number of rotatable bonds is 5. The predicted molar refractivity (Wildman–Crippen MR) is 55.1 cm³/mol. The molecule has 7 heteroatoms. The molecule has 1 heterocycles. The molecule has 1 aliphatic rings. The van der Waals surface area contributed by atoms with Crippen molar-refractivity contribution >= 4 is 5.97 Å². The highest BCUT2D eigenvalue weighted by Crippen LogP contribution is 2.27. The van der Waals surface area contributed by atoms with E-state index in [4.69, 9.17) is 24.1 Å². The maximum Gasteiger partial charge on any atom is 0.303 e. The van der Waals surface area contributed by atoms with E-state index >= 15 is 0 Å². The van der Waals surface area contributed by atoms with Crippen molar-refractivity contribution in [3.63, 3.8) is 0 Å². The quantitative estimate of drug-likeness (QED) is 0.583. The summed E-state index contributed by atoms with van der Waals surface area (Å²) in [4.78, 5) is 10.9. The van der Waals surface area contributed by atoms with Gasteiger partial charge in [0.1, 0.15) is 18.3 Å². The third-order valence-electron chi connectivity index (χ3n) is 2.63. The lowest BCUT2D eigenvalue weighted by Crippen LogP contribution is -2.44. The molecule has 17 heavy (non-hydrogen) atoms. The normalized spacial score (nSPS) is 34.6. The molecule has 0 unspecified atom stereocenters. The van der Waals surface area contributed by atoms with Crippen molar-refractivity contribution in [2.24, 2.45) is 0 Å². The Morgan fingerprint density at radius 3 is 2.35 bits per heavy atom. The van der Waals surface area contributed by atoms with Gasteiger partial charge in [-0.05, 0) is 0 Å². The second kappa shape index (κ2) is 6.27. The fourth-order valence-electron chi connectivity index (χ4n) is 1.90. The molecule has 0 bridgehead atoms. The summed E-state index contributed by atoms with van der Waals surface area (Å²) in [5.41, 5.74) is 0. The van der Waals surface area contributed by atoms with Gasteiger partial charge in [0.05, 0.1) is 6.61 Å². The fraction of sp³-hybridized carbons (Fsp3) is 0.900. The third-order valence-corrected chi connectivity index (χ3v) is 2.63. The first-order chi connectivity index (χ1) is 8.04. The second-order valence-electron chi connectivity index (χ2n) is 3.72. The number of hydrogen-bond acceptors (Lipinski definition) is 7. The summed E-state index contributed by atoms with van der Waals surface area (Å²) >= 11 is 0. The van der Waals surface area contributed by atoms with Crippen LogP contribution < -0.4 is 0 Å². The molecule has 1 rings (SSSR count). The molecule has 7 nitrogen and oxygen atoms in total. The van der Waals surface area contributed by atoms with Gasteiger partial charge in [-0.1, -0.05) is 0 Å². The van der Waals surface area contributed by atoms with Gasteiger partial charge in [-0.15, -0.1) is 0 Å². The SMILES string of the molecule is CO[C@@H]1[C@@H](OC)[C@@H](O)O[C@@H]1[C@H](CO)OC(C)=O. The molecular weight excluding hydrogens is 232 g/mol. The van der Waals surface area contributed by atoms with Gasteiger partial charge in [-0.2, -0.15) is 0 Å². The minimum Gasteiger partial charge on any atom is -0.457 e. The number of esters is 1. The van der Waals surface area contributed by atoms with Crippen molar-refractivity contribution in [1.82, 2.24) is 0 Å². The van der Waals surface area contributed by atoms with Crippen LogP contribution in [0, 0.1) is 0 Å². The molecule has 0 aromatic rings. The molecule has 0 aliphatic carbocycles. The first kappa shape index (κ1) is 14.3. The average Bonchev–Trinajstić information content (AvgIpc) is 2.61. The van der Waals surface area contributed by atoms with E-state index in [2.05, 4.69) is 0 Å². The van der Waals surface area contributed by atoms with Crippen molar-refractivity contribution in [3.8, 4) is 0 Å². The third kappa shape index (κ3) is 3.14. The molecule has 0 aromatic carbocycles. The van der Waals surface area contributed by atoms with Crippen LogP contribution in [0.1, 0.15) is 6.92 Å². The standard InChI is InChI=1S/C10H18O7/c1-5(12)16-6(4-11)7-8(14-2)9(15-3)10(13)17-7/h6-11,13H,4H2,1-3H3/t6-,7+,8-,9+,10-/m0/s1. The molecule has 2 N–H and O–H groups in total. The molecule has 0 aromatic heterocycles. The number of aliphatic hydroxyl groups excluding tert-OH is 2. The van der Waals surface area contributed by atoms with Crippen molar-refractivity contribution < 1.29 is 34.0 Å². The van der Waals surface area contributed by atoms with Crippen LogP contribution in [0.15, 0.2) is 0 Å². The van der Waals surface area contributed by atoms with Crippen LogP contribution in [0.25, 0.3) is 0 Å². The van der Waals surface area contributed by atoms with E-state index < -0.39 is 43.3 Å². The van der Waals surface area contributed by atoms with E-state index in [1.807, 2.05) is 0 Å². The molecule has 1 saturated heterocycles. The van der Waals surface area contributed by atoms with E-state index in [0.29, 0.717) is 0 Å². The fourth-order valence-corrected chi connectivity index (χ4v) is 1.90. The highest BCUT2D eigenvalue weighted by Gasteiger charge is 2.49. The Morgan fingerprint density at radius 2 is 1.94 bits per heavy atom. The van der Waals surface area contributed by atoms with E-state index in [-0.39, 0.29) is 0 Å². The lowest BCUT2D eigenvalue weighted by atomic mass is 10.1. The van der Waals surface area contributed by atoms with Crippen molar-refractivity contribution in [2.75, 3.05) is 20.8 Å². The van der Waals surface area contributed by atoms with Crippen LogP contribution in [0.2, 0.25) is 0 Å². The molecule has 0 amide bonds. The second-order valence-corrected chi connectivity index (χ2v) is 3.72. The van der Waals surface area contributed by atoms with Crippen LogP contribution >= 0.6 is 0 Å². The Hall–Kier alpha value is -0.730. The highest BCUT2D eigenvalue weighted by atomic mass is 16.7. The number of methoxy groups -OCH3 is 2. The Bertz CT molecular complexity index is 257. The predicted octanol–water partition coefficient (Wildman–Crippen LogP) is -1.34. The van der Waals surface area contributed by atoms with Crippen LogP contribution in [0.4, 0.5) is 0 Å².